The van der Waals surface area contributed by atoms with Crippen molar-refractivity contribution >= 4 is 28.8 Å². The third-order valence-electron chi connectivity index (χ3n) is 1.38. The molecule has 1 aromatic carbocycles. The number of hydrogen-bond donors (Lipinski definition) is 3. The SMILES string of the molecule is NC(=O)C(=S)Nc1ccccc1O. The summed E-state index contributed by atoms with van der Waals surface area (Å²) in [6.45, 7) is 0. The van der Waals surface area contributed by atoms with Gasteiger partial charge in [-0.05, 0) is 12.1 Å². The van der Waals surface area contributed by atoms with E-state index >= 15 is 0 Å². The molecule has 0 spiro atoms. The van der Waals surface area contributed by atoms with Crippen molar-refractivity contribution in [2.45, 2.75) is 0 Å². The lowest BCUT2D eigenvalue weighted by atomic mass is 10.3. The van der Waals surface area contributed by atoms with E-state index in [1.54, 1.807) is 18.2 Å². The van der Waals surface area contributed by atoms with Crippen LogP contribution in [0.1, 0.15) is 0 Å². The number of para-hydroxylation sites is 2. The van der Waals surface area contributed by atoms with E-state index in [1.165, 1.54) is 6.07 Å². The van der Waals surface area contributed by atoms with Gasteiger partial charge in [0.15, 0.2) is 4.99 Å². The van der Waals surface area contributed by atoms with Crippen molar-refractivity contribution in [3.8, 4) is 5.75 Å². The van der Waals surface area contributed by atoms with E-state index in [4.69, 9.17) is 5.73 Å². The summed E-state index contributed by atoms with van der Waals surface area (Å²) in [4.78, 5) is 10.4. The average Bonchev–Trinajstić information content (AvgIpc) is 2.08. The molecule has 1 amide bonds. The first kappa shape index (κ1) is 9.47. The minimum atomic E-state index is -0.724. The highest BCUT2D eigenvalue weighted by molar-refractivity contribution is 7.82. The van der Waals surface area contributed by atoms with Gasteiger partial charge in [-0.25, -0.2) is 0 Å². The maximum Gasteiger partial charge on any atom is 0.276 e. The number of rotatable bonds is 1. The molecule has 68 valence electrons. The number of amides is 1. The van der Waals surface area contributed by atoms with Crippen LogP contribution in [0.2, 0.25) is 0 Å². The van der Waals surface area contributed by atoms with Crippen LogP contribution in [0.15, 0.2) is 24.3 Å². The van der Waals surface area contributed by atoms with Gasteiger partial charge in [-0.1, -0.05) is 24.4 Å². The quantitative estimate of drug-likeness (QED) is 0.454. The zero-order valence-corrected chi connectivity index (χ0v) is 7.47. The molecule has 1 rings (SSSR count). The van der Waals surface area contributed by atoms with Crippen LogP contribution in [0.3, 0.4) is 0 Å². The summed E-state index contributed by atoms with van der Waals surface area (Å²) in [5.74, 6) is -0.704. The number of benzene rings is 1. The summed E-state index contributed by atoms with van der Waals surface area (Å²) >= 11 is 4.62. The summed E-state index contributed by atoms with van der Waals surface area (Å²) in [5, 5.41) is 11.8. The minimum absolute atomic E-state index is 0.0195. The molecule has 0 atom stereocenters. The number of phenols is 1. The second kappa shape index (κ2) is 3.86. The maximum absolute atomic E-state index is 10.6. The Morgan fingerprint density at radius 2 is 2.08 bits per heavy atom. The lowest BCUT2D eigenvalue weighted by molar-refractivity contribution is -0.111. The van der Waals surface area contributed by atoms with Crippen LogP contribution in [-0.2, 0) is 4.79 Å². The van der Waals surface area contributed by atoms with Gasteiger partial charge in [-0.2, -0.15) is 0 Å². The molecule has 4 N–H and O–H groups in total. The molecule has 0 fully saturated rings. The van der Waals surface area contributed by atoms with Gasteiger partial charge in [0.25, 0.3) is 5.91 Å². The van der Waals surface area contributed by atoms with Gasteiger partial charge in [-0.3, -0.25) is 4.79 Å². The number of carbonyl (C=O) groups excluding carboxylic acids is 1. The first-order valence-corrected chi connectivity index (χ1v) is 3.91. The first-order chi connectivity index (χ1) is 6.11. The zero-order valence-electron chi connectivity index (χ0n) is 6.65. The molecular weight excluding hydrogens is 188 g/mol. The summed E-state index contributed by atoms with van der Waals surface area (Å²) in [7, 11) is 0. The molecule has 0 radical (unpaired) electrons. The minimum Gasteiger partial charge on any atom is -0.506 e. The van der Waals surface area contributed by atoms with Crippen LogP contribution in [0.25, 0.3) is 0 Å². The number of aromatic hydroxyl groups is 1. The third kappa shape index (κ3) is 2.41. The highest BCUT2D eigenvalue weighted by atomic mass is 32.1. The van der Waals surface area contributed by atoms with Crippen molar-refractivity contribution in [1.29, 1.82) is 0 Å². The fourth-order valence-corrected chi connectivity index (χ4v) is 0.873. The molecule has 0 unspecified atom stereocenters. The second-order valence-corrected chi connectivity index (χ2v) is 2.74. The lowest BCUT2D eigenvalue weighted by Gasteiger charge is -2.05. The van der Waals surface area contributed by atoms with Crippen molar-refractivity contribution in [1.82, 2.24) is 0 Å². The van der Waals surface area contributed by atoms with Crippen molar-refractivity contribution in [3.05, 3.63) is 24.3 Å². The van der Waals surface area contributed by atoms with E-state index in [1.807, 2.05) is 0 Å². The molecule has 0 saturated carbocycles. The maximum atomic E-state index is 10.6. The number of phenolic OH excluding ortho intramolecular Hbond substituents is 1. The Labute approximate surface area is 80.4 Å². The molecule has 0 aromatic heterocycles. The number of anilines is 1. The highest BCUT2D eigenvalue weighted by Gasteiger charge is 2.05. The molecule has 0 aliphatic carbocycles. The Balaban J connectivity index is 2.81. The Bertz CT molecular complexity index is 352. The topological polar surface area (TPSA) is 75.4 Å². The fourth-order valence-electron chi connectivity index (χ4n) is 0.763. The molecule has 0 saturated heterocycles. The number of carbonyl (C=O) groups is 1. The summed E-state index contributed by atoms with van der Waals surface area (Å²) in [6.07, 6.45) is 0. The molecule has 0 aliphatic rings. The van der Waals surface area contributed by atoms with Crippen molar-refractivity contribution in [2.24, 2.45) is 5.73 Å². The predicted octanol–water partition coefficient (Wildman–Crippen LogP) is 0.617. The van der Waals surface area contributed by atoms with Crippen LogP contribution in [0.4, 0.5) is 5.69 Å². The van der Waals surface area contributed by atoms with Crippen LogP contribution in [-0.4, -0.2) is 16.0 Å². The van der Waals surface area contributed by atoms with E-state index in [0.29, 0.717) is 5.69 Å². The van der Waals surface area contributed by atoms with Crippen molar-refractivity contribution < 1.29 is 9.90 Å². The van der Waals surface area contributed by atoms with Gasteiger partial charge >= 0.3 is 0 Å². The molecular formula is C8H8N2O2S. The standard InChI is InChI=1S/C8H8N2O2S/c9-7(12)8(13)10-5-3-1-2-4-6(5)11/h1-4,11H,(H2,9,12)(H,10,13). The number of thiocarbonyl (C=S) groups is 1. The summed E-state index contributed by atoms with van der Waals surface area (Å²) in [5.41, 5.74) is 5.28. The van der Waals surface area contributed by atoms with E-state index < -0.39 is 5.91 Å². The molecule has 1 aromatic rings. The van der Waals surface area contributed by atoms with Gasteiger partial charge in [0.05, 0.1) is 5.69 Å². The van der Waals surface area contributed by atoms with Crippen molar-refractivity contribution in [2.75, 3.05) is 5.32 Å². The molecule has 5 heteroatoms. The van der Waals surface area contributed by atoms with Gasteiger partial charge < -0.3 is 16.2 Å². The predicted molar refractivity (Wildman–Crippen MR) is 53.5 cm³/mol. The van der Waals surface area contributed by atoms with Gasteiger partial charge in [0.1, 0.15) is 5.75 Å². The fraction of sp³-hybridized carbons (Fsp3) is 0. The van der Waals surface area contributed by atoms with Crippen LogP contribution in [0, 0.1) is 0 Å². The molecule has 4 nitrogen and oxygen atoms in total. The Hall–Kier alpha value is -1.62. The van der Waals surface area contributed by atoms with Gasteiger partial charge in [0, 0.05) is 0 Å². The molecule has 13 heavy (non-hydrogen) atoms. The normalized spacial score (nSPS) is 9.23. The van der Waals surface area contributed by atoms with Gasteiger partial charge in [0.2, 0.25) is 0 Å². The number of nitrogens with two attached hydrogens (primary N) is 1. The molecule has 0 heterocycles. The first-order valence-electron chi connectivity index (χ1n) is 3.50. The number of primary amides is 1. The lowest BCUT2D eigenvalue weighted by Crippen LogP contribution is -2.27. The number of hydrogen-bond acceptors (Lipinski definition) is 3. The summed E-state index contributed by atoms with van der Waals surface area (Å²) < 4.78 is 0. The van der Waals surface area contributed by atoms with Gasteiger partial charge in [-0.15, -0.1) is 0 Å². The molecule has 0 aliphatic heterocycles. The smallest absolute Gasteiger partial charge is 0.276 e. The Morgan fingerprint density at radius 3 is 2.62 bits per heavy atom. The van der Waals surface area contributed by atoms with Crippen LogP contribution >= 0.6 is 12.2 Å². The average molecular weight is 196 g/mol. The molecule has 0 bridgehead atoms. The second-order valence-electron chi connectivity index (χ2n) is 2.34. The summed E-state index contributed by atoms with van der Waals surface area (Å²) in [6, 6.07) is 6.43. The van der Waals surface area contributed by atoms with Crippen molar-refractivity contribution in [3.63, 3.8) is 0 Å². The highest BCUT2D eigenvalue weighted by Crippen LogP contribution is 2.21. The van der Waals surface area contributed by atoms with E-state index in [-0.39, 0.29) is 10.7 Å². The Kier molecular flexibility index (Phi) is 2.81. The van der Waals surface area contributed by atoms with Crippen LogP contribution in [0.5, 0.6) is 5.75 Å². The van der Waals surface area contributed by atoms with E-state index in [2.05, 4.69) is 17.5 Å². The third-order valence-corrected chi connectivity index (χ3v) is 1.68. The Morgan fingerprint density at radius 1 is 1.46 bits per heavy atom. The van der Waals surface area contributed by atoms with Crippen LogP contribution < -0.4 is 11.1 Å². The van der Waals surface area contributed by atoms with E-state index in [9.17, 15) is 9.90 Å². The van der Waals surface area contributed by atoms with E-state index in [0.717, 1.165) is 0 Å². The largest absolute Gasteiger partial charge is 0.506 e. The zero-order chi connectivity index (χ0) is 9.84. The monoisotopic (exact) mass is 196 g/mol. The number of nitrogens with one attached hydrogen (secondary N) is 1.